The highest BCUT2D eigenvalue weighted by molar-refractivity contribution is 5.76. The van der Waals surface area contributed by atoms with Gasteiger partial charge in [-0.1, -0.05) is 13.3 Å². The smallest absolute Gasteiger partial charge is 0.224 e. The van der Waals surface area contributed by atoms with Crippen LogP contribution in [0.15, 0.2) is 0 Å². The predicted molar refractivity (Wildman–Crippen MR) is 81.7 cm³/mol. The van der Waals surface area contributed by atoms with Crippen molar-refractivity contribution in [3.05, 3.63) is 0 Å². The fourth-order valence-corrected chi connectivity index (χ4v) is 2.44. The zero-order valence-electron chi connectivity index (χ0n) is 13.0. The lowest BCUT2D eigenvalue weighted by Gasteiger charge is -2.34. The van der Waals surface area contributed by atoms with Crippen LogP contribution in [0.4, 0.5) is 0 Å². The van der Waals surface area contributed by atoms with Gasteiger partial charge in [0.25, 0.3) is 0 Å². The Kier molecular flexibility index (Phi) is 9.62. The Balaban J connectivity index is 2.07. The van der Waals surface area contributed by atoms with Gasteiger partial charge >= 0.3 is 0 Å². The van der Waals surface area contributed by atoms with Crippen molar-refractivity contribution in [2.24, 2.45) is 5.73 Å². The molecule has 0 radical (unpaired) electrons. The Labute approximate surface area is 123 Å². The number of nitrogens with zero attached hydrogens (tertiary/aromatic N) is 2. The standard InChI is InChI=1S/C15H31N3O2/c1-2-13-20-14-6-15(19)18-11-9-17(10-12-18)8-5-3-4-7-16/h2-14,16H2,1H3. The van der Waals surface area contributed by atoms with Gasteiger partial charge in [0.2, 0.25) is 5.91 Å². The van der Waals surface area contributed by atoms with Crippen molar-refractivity contribution in [3.8, 4) is 0 Å². The summed E-state index contributed by atoms with van der Waals surface area (Å²) in [7, 11) is 0. The van der Waals surface area contributed by atoms with Crippen LogP contribution in [0.3, 0.4) is 0 Å². The van der Waals surface area contributed by atoms with E-state index in [4.69, 9.17) is 10.5 Å². The molecule has 0 aromatic rings. The van der Waals surface area contributed by atoms with Crippen molar-refractivity contribution in [2.75, 3.05) is 52.5 Å². The van der Waals surface area contributed by atoms with Crippen LogP contribution in [-0.4, -0.2) is 68.2 Å². The largest absolute Gasteiger partial charge is 0.381 e. The van der Waals surface area contributed by atoms with Crippen molar-refractivity contribution in [1.82, 2.24) is 9.80 Å². The summed E-state index contributed by atoms with van der Waals surface area (Å²) in [6.07, 6.45) is 5.09. The van der Waals surface area contributed by atoms with Crippen molar-refractivity contribution in [2.45, 2.75) is 39.0 Å². The molecular weight excluding hydrogens is 254 g/mol. The lowest BCUT2D eigenvalue weighted by molar-refractivity contribution is -0.134. The minimum absolute atomic E-state index is 0.240. The fourth-order valence-electron chi connectivity index (χ4n) is 2.44. The number of hydrogen-bond acceptors (Lipinski definition) is 4. The molecule has 5 heteroatoms. The first kappa shape index (κ1) is 17.4. The van der Waals surface area contributed by atoms with E-state index in [2.05, 4.69) is 11.8 Å². The number of amides is 1. The monoisotopic (exact) mass is 285 g/mol. The molecule has 0 aliphatic carbocycles. The van der Waals surface area contributed by atoms with Crippen molar-refractivity contribution >= 4 is 5.91 Å². The maximum absolute atomic E-state index is 12.0. The fraction of sp³-hybridized carbons (Fsp3) is 0.933. The van der Waals surface area contributed by atoms with Crippen molar-refractivity contribution in [1.29, 1.82) is 0 Å². The van der Waals surface area contributed by atoms with E-state index in [0.29, 0.717) is 13.0 Å². The number of carbonyl (C=O) groups is 1. The first-order chi connectivity index (χ1) is 9.77. The summed E-state index contributed by atoms with van der Waals surface area (Å²) in [5, 5.41) is 0. The molecule has 0 aromatic heterocycles. The lowest BCUT2D eigenvalue weighted by Crippen LogP contribution is -2.49. The van der Waals surface area contributed by atoms with Gasteiger partial charge in [0, 0.05) is 32.8 Å². The summed E-state index contributed by atoms with van der Waals surface area (Å²) in [4.78, 5) is 16.4. The second kappa shape index (κ2) is 11.1. The molecule has 1 aliphatic rings. The Morgan fingerprint density at radius 1 is 1.10 bits per heavy atom. The third-order valence-electron chi connectivity index (χ3n) is 3.71. The molecule has 0 atom stereocenters. The molecule has 0 spiro atoms. The van der Waals surface area contributed by atoms with E-state index in [-0.39, 0.29) is 5.91 Å². The first-order valence-electron chi connectivity index (χ1n) is 8.06. The summed E-state index contributed by atoms with van der Waals surface area (Å²) in [5.41, 5.74) is 5.49. The number of piperazine rings is 1. The Morgan fingerprint density at radius 2 is 1.85 bits per heavy atom. The highest BCUT2D eigenvalue weighted by Gasteiger charge is 2.20. The van der Waals surface area contributed by atoms with Crippen LogP contribution in [0.25, 0.3) is 0 Å². The topological polar surface area (TPSA) is 58.8 Å². The van der Waals surface area contributed by atoms with E-state index in [1.165, 1.54) is 12.8 Å². The minimum atomic E-state index is 0.240. The molecule has 0 unspecified atom stereocenters. The molecule has 1 fully saturated rings. The summed E-state index contributed by atoms with van der Waals surface area (Å²) < 4.78 is 5.37. The number of ether oxygens (including phenoxy) is 1. The minimum Gasteiger partial charge on any atom is -0.381 e. The molecule has 5 nitrogen and oxygen atoms in total. The van der Waals surface area contributed by atoms with E-state index in [0.717, 1.165) is 58.7 Å². The SMILES string of the molecule is CCCOCCC(=O)N1CCN(CCCCCN)CC1. The van der Waals surface area contributed by atoms with E-state index >= 15 is 0 Å². The van der Waals surface area contributed by atoms with Crippen LogP contribution >= 0.6 is 0 Å². The lowest BCUT2D eigenvalue weighted by atomic mass is 10.2. The molecular formula is C15H31N3O2. The average molecular weight is 285 g/mol. The van der Waals surface area contributed by atoms with Crippen LogP contribution < -0.4 is 5.73 Å². The van der Waals surface area contributed by atoms with Gasteiger partial charge < -0.3 is 15.4 Å². The van der Waals surface area contributed by atoms with Gasteiger partial charge in [0.1, 0.15) is 0 Å². The number of hydrogen-bond donors (Lipinski definition) is 1. The zero-order valence-corrected chi connectivity index (χ0v) is 13.0. The maximum Gasteiger partial charge on any atom is 0.224 e. The van der Waals surface area contributed by atoms with Gasteiger partial charge in [0.05, 0.1) is 13.0 Å². The average Bonchev–Trinajstić information content (AvgIpc) is 2.48. The molecule has 2 N–H and O–H groups in total. The molecule has 118 valence electrons. The second-order valence-corrected chi connectivity index (χ2v) is 5.43. The molecule has 1 saturated heterocycles. The summed E-state index contributed by atoms with van der Waals surface area (Å²) in [6.45, 7) is 9.07. The summed E-state index contributed by atoms with van der Waals surface area (Å²) in [6, 6.07) is 0. The van der Waals surface area contributed by atoms with E-state index in [9.17, 15) is 4.79 Å². The molecule has 0 saturated carbocycles. The highest BCUT2D eigenvalue weighted by atomic mass is 16.5. The molecule has 1 amide bonds. The van der Waals surface area contributed by atoms with Crippen LogP contribution in [0.5, 0.6) is 0 Å². The number of carbonyl (C=O) groups excluding carboxylic acids is 1. The third-order valence-corrected chi connectivity index (χ3v) is 3.71. The molecule has 1 aliphatic heterocycles. The quantitative estimate of drug-likeness (QED) is 0.610. The molecule has 0 bridgehead atoms. The normalized spacial score (nSPS) is 16.6. The number of unbranched alkanes of at least 4 members (excludes halogenated alkanes) is 2. The molecule has 0 aromatic carbocycles. The third kappa shape index (κ3) is 7.22. The first-order valence-corrected chi connectivity index (χ1v) is 8.06. The number of nitrogens with two attached hydrogens (primary N) is 1. The van der Waals surface area contributed by atoms with E-state index < -0.39 is 0 Å². The Hall–Kier alpha value is -0.650. The summed E-state index contributed by atoms with van der Waals surface area (Å²) in [5.74, 6) is 0.240. The molecule has 20 heavy (non-hydrogen) atoms. The second-order valence-electron chi connectivity index (χ2n) is 5.43. The number of rotatable bonds is 10. The van der Waals surface area contributed by atoms with Crippen molar-refractivity contribution in [3.63, 3.8) is 0 Å². The zero-order chi connectivity index (χ0) is 14.6. The van der Waals surface area contributed by atoms with Crippen LogP contribution in [0, 0.1) is 0 Å². The summed E-state index contributed by atoms with van der Waals surface area (Å²) >= 11 is 0. The van der Waals surface area contributed by atoms with Gasteiger partial charge in [-0.3, -0.25) is 9.69 Å². The van der Waals surface area contributed by atoms with Gasteiger partial charge in [0.15, 0.2) is 0 Å². The van der Waals surface area contributed by atoms with Crippen LogP contribution in [0.2, 0.25) is 0 Å². The highest BCUT2D eigenvalue weighted by Crippen LogP contribution is 2.06. The van der Waals surface area contributed by atoms with E-state index in [1.807, 2.05) is 4.90 Å². The maximum atomic E-state index is 12.0. The Morgan fingerprint density at radius 3 is 2.50 bits per heavy atom. The van der Waals surface area contributed by atoms with E-state index in [1.54, 1.807) is 0 Å². The van der Waals surface area contributed by atoms with Gasteiger partial charge in [-0.25, -0.2) is 0 Å². The van der Waals surface area contributed by atoms with Crippen LogP contribution in [0.1, 0.15) is 39.0 Å². The predicted octanol–water partition coefficient (Wildman–Crippen LogP) is 1.08. The van der Waals surface area contributed by atoms with Gasteiger partial charge in [-0.2, -0.15) is 0 Å². The van der Waals surface area contributed by atoms with Crippen LogP contribution in [-0.2, 0) is 9.53 Å². The van der Waals surface area contributed by atoms with Crippen molar-refractivity contribution < 1.29 is 9.53 Å². The molecule has 1 heterocycles. The molecule has 1 rings (SSSR count). The Bertz CT molecular complexity index is 254. The van der Waals surface area contributed by atoms with Gasteiger partial charge in [-0.05, 0) is 32.4 Å². The van der Waals surface area contributed by atoms with Gasteiger partial charge in [-0.15, -0.1) is 0 Å².